The topological polar surface area (TPSA) is 65.9 Å². The van der Waals surface area contributed by atoms with Gasteiger partial charge >= 0.3 is 0 Å². The number of hydrogen-bond donors (Lipinski definition) is 1. The van der Waals surface area contributed by atoms with Crippen LogP contribution in [-0.4, -0.2) is 11.0 Å². The summed E-state index contributed by atoms with van der Waals surface area (Å²) in [6.45, 7) is 0.798. The van der Waals surface area contributed by atoms with Gasteiger partial charge in [0, 0.05) is 18.3 Å². The lowest BCUT2D eigenvalue weighted by Gasteiger charge is -2.23. The van der Waals surface area contributed by atoms with Gasteiger partial charge in [-0.3, -0.25) is 0 Å². The summed E-state index contributed by atoms with van der Waals surface area (Å²) in [4.78, 5) is 6.68. The van der Waals surface area contributed by atoms with Crippen molar-refractivity contribution in [3.8, 4) is 6.07 Å². The molecule has 4 nitrogen and oxygen atoms in total. The third kappa shape index (κ3) is 2.72. The summed E-state index contributed by atoms with van der Waals surface area (Å²) in [6.07, 6.45) is 2.38. The van der Waals surface area contributed by atoms with E-state index in [-0.39, 0.29) is 0 Å². The lowest BCUT2D eigenvalue weighted by Crippen LogP contribution is -2.26. The van der Waals surface area contributed by atoms with Gasteiger partial charge in [-0.15, -0.1) is 0 Å². The van der Waals surface area contributed by atoms with Crippen LogP contribution in [0.1, 0.15) is 24.1 Å². The second-order valence-corrected chi connectivity index (χ2v) is 5.09. The number of anilines is 2. The first kappa shape index (κ1) is 12.5. The first-order valence-electron chi connectivity index (χ1n) is 6.74. The Morgan fingerprint density at radius 1 is 1.20 bits per heavy atom. The normalized spacial score (nSPS) is 13.8. The molecule has 1 aromatic heterocycles. The molecule has 0 amide bonds. The van der Waals surface area contributed by atoms with Crippen LogP contribution in [0.5, 0.6) is 0 Å². The van der Waals surface area contributed by atoms with E-state index in [1.54, 1.807) is 6.07 Å². The fourth-order valence-corrected chi connectivity index (χ4v) is 2.25. The average Bonchev–Trinajstić information content (AvgIpc) is 3.31. The summed E-state index contributed by atoms with van der Waals surface area (Å²) in [6, 6.07) is 16.1. The van der Waals surface area contributed by atoms with Crippen LogP contribution in [-0.2, 0) is 6.54 Å². The number of nitriles is 1. The molecule has 100 valence electrons. The van der Waals surface area contributed by atoms with Crippen molar-refractivity contribution in [2.75, 3.05) is 10.6 Å². The fraction of sp³-hybridized carbons (Fsp3) is 0.250. The van der Waals surface area contributed by atoms with E-state index in [0.29, 0.717) is 11.7 Å². The van der Waals surface area contributed by atoms with Gasteiger partial charge in [-0.05, 0) is 42.7 Å². The van der Waals surface area contributed by atoms with Gasteiger partial charge in [0.1, 0.15) is 17.6 Å². The monoisotopic (exact) mass is 264 g/mol. The molecule has 0 atom stereocenters. The molecule has 0 saturated heterocycles. The molecule has 1 aliphatic rings. The highest BCUT2D eigenvalue weighted by Gasteiger charge is 2.30. The van der Waals surface area contributed by atoms with Gasteiger partial charge in [0.2, 0.25) is 0 Å². The van der Waals surface area contributed by atoms with Gasteiger partial charge in [-0.2, -0.15) is 5.26 Å². The molecule has 1 aromatic carbocycles. The minimum absolute atomic E-state index is 0.463. The molecule has 0 aliphatic heterocycles. The molecule has 4 heteroatoms. The molecule has 3 rings (SSSR count). The van der Waals surface area contributed by atoms with Gasteiger partial charge in [-0.25, -0.2) is 4.98 Å². The van der Waals surface area contributed by atoms with Crippen LogP contribution >= 0.6 is 0 Å². The van der Waals surface area contributed by atoms with Crippen LogP contribution < -0.4 is 10.6 Å². The van der Waals surface area contributed by atoms with Gasteiger partial charge in [0.15, 0.2) is 0 Å². The fourth-order valence-electron chi connectivity index (χ4n) is 2.25. The predicted molar refractivity (Wildman–Crippen MR) is 79.0 cm³/mol. The number of pyridine rings is 1. The number of nitrogen functional groups attached to an aromatic ring is 1. The average molecular weight is 264 g/mol. The van der Waals surface area contributed by atoms with Gasteiger partial charge in [0.05, 0.1) is 0 Å². The predicted octanol–water partition coefficient (Wildman–Crippen LogP) is 2.70. The van der Waals surface area contributed by atoms with E-state index >= 15 is 0 Å². The summed E-state index contributed by atoms with van der Waals surface area (Å²) >= 11 is 0. The second-order valence-electron chi connectivity index (χ2n) is 5.09. The van der Waals surface area contributed by atoms with E-state index in [2.05, 4.69) is 16.0 Å². The molecular weight excluding hydrogens is 248 g/mol. The van der Waals surface area contributed by atoms with E-state index in [4.69, 9.17) is 11.0 Å². The third-order valence-electron chi connectivity index (χ3n) is 3.46. The molecule has 20 heavy (non-hydrogen) atoms. The third-order valence-corrected chi connectivity index (χ3v) is 3.46. The largest absolute Gasteiger partial charge is 0.399 e. The molecule has 1 aliphatic carbocycles. The number of nitrogens with zero attached hydrogens (tertiary/aromatic N) is 3. The zero-order valence-electron chi connectivity index (χ0n) is 11.2. The Balaban J connectivity index is 1.85. The Hall–Kier alpha value is -2.54. The molecule has 2 N–H and O–H groups in total. The van der Waals surface area contributed by atoms with Crippen LogP contribution in [0.2, 0.25) is 0 Å². The van der Waals surface area contributed by atoms with Crippen molar-refractivity contribution in [1.29, 1.82) is 5.26 Å². The molecule has 2 aromatic rings. The Morgan fingerprint density at radius 3 is 2.60 bits per heavy atom. The summed E-state index contributed by atoms with van der Waals surface area (Å²) in [5, 5.41) is 8.97. The van der Waals surface area contributed by atoms with Gasteiger partial charge in [0.25, 0.3) is 0 Å². The van der Waals surface area contributed by atoms with Crippen molar-refractivity contribution < 1.29 is 0 Å². The summed E-state index contributed by atoms with van der Waals surface area (Å²) in [7, 11) is 0. The summed E-state index contributed by atoms with van der Waals surface area (Å²) in [5.41, 5.74) is 8.16. The summed E-state index contributed by atoms with van der Waals surface area (Å²) in [5.74, 6) is 0.878. The van der Waals surface area contributed by atoms with Gasteiger partial charge in [-0.1, -0.05) is 18.2 Å². The molecule has 0 bridgehead atoms. The van der Waals surface area contributed by atoms with Crippen LogP contribution in [0, 0.1) is 11.3 Å². The molecule has 0 spiro atoms. The smallest absolute Gasteiger partial charge is 0.142 e. The van der Waals surface area contributed by atoms with Crippen molar-refractivity contribution in [3.05, 3.63) is 53.7 Å². The molecule has 1 heterocycles. The first-order valence-corrected chi connectivity index (χ1v) is 6.74. The number of benzene rings is 1. The van der Waals surface area contributed by atoms with E-state index in [1.165, 1.54) is 18.4 Å². The van der Waals surface area contributed by atoms with Crippen molar-refractivity contribution >= 4 is 11.5 Å². The van der Waals surface area contributed by atoms with E-state index in [9.17, 15) is 0 Å². The maximum Gasteiger partial charge on any atom is 0.142 e. The van der Waals surface area contributed by atoms with Gasteiger partial charge < -0.3 is 10.6 Å². The lowest BCUT2D eigenvalue weighted by molar-refractivity contribution is 0.777. The van der Waals surface area contributed by atoms with Crippen molar-refractivity contribution in [3.63, 3.8) is 0 Å². The Labute approximate surface area is 118 Å². The standard InChI is InChI=1S/C16H16N4/c17-10-14-2-1-3-16(19-14)20(15-8-9-15)11-12-4-6-13(18)7-5-12/h1-7,15H,8-9,11,18H2. The minimum Gasteiger partial charge on any atom is -0.399 e. The molecule has 0 radical (unpaired) electrons. The van der Waals surface area contributed by atoms with Crippen LogP contribution in [0.3, 0.4) is 0 Å². The lowest BCUT2D eigenvalue weighted by atomic mass is 10.2. The van der Waals surface area contributed by atoms with E-state index in [1.807, 2.05) is 36.4 Å². The zero-order chi connectivity index (χ0) is 13.9. The molecular formula is C16H16N4. The quantitative estimate of drug-likeness (QED) is 0.862. The Morgan fingerprint density at radius 2 is 1.95 bits per heavy atom. The molecule has 1 fully saturated rings. The Kier molecular flexibility index (Phi) is 3.26. The SMILES string of the molecule is N#Cc1cccc(N(Cc2ccc(N)cc2)C2CC2)n1. The van der Waals surface area contributed by atoms with Crippen molar-refractivity contribution in [2.24, 2.45) is 0 Å². The van der Waals surface area contributed by atoms with E-state index in [0.717, 1.165) is 18.1 Å². The highest BCUT2D eigenvalue weighted by Crippen LogP contribution is 2.32. The Bertz CT molecular complexity index is 638. The maximum atomic E-state index is 8.97. The number of aromatic nitrogens is 1. The number of hydrogen-bond acceptors (Lipinski definition) is 4. The highest BCUT2D eigenvalue weighted by molar-refractivity contribution is 5.46. The maximum absolute atomic E-state index is 8.97. The zero-order valence-corrected chi connectivity index (χ0v) is 11.2. The van der Waals surface area contributed by atoms with Crippen LogP contribution in [0.25, 0.3) is 0 Å². The second kappa shape index (κ2) is 5.22. The van der Waals surface area contributed by atoms with Crippen LogP contribution in [0.4, 0.5) is 11.5 Å². The molecule has 0 unspecified atom stereocenters. The molecule has 1 saturated carbocycles. The summed E-state index contributed by atoms with van der Waals surface area (Å²) < 4.78 is 0. The minimum atomic E-state index is 0.463. The van der Waals surface area contributed by atoms with E-state index < -0.39 is 0 Å². The van der Waals surface area contributed by atoms with Crippen molar-refractivity contribution in [1.82, 2.24) is 4.98 Å². The number of rotatable bonds is 4. The first-order chi connectivity index (χ1) is 9.76. The van der Waals surface area contributed by atoms with Crippen LogP contribution in [0.15, 0.2) is 42.5 Å². The number of nitrogens with two attached hydrogens (primary N) is 1. The highest BCUT2D eigenvalue weighted by atomic mass is 15.2. The van der Waals surface area contributed by atoms with Crippen molar-refractivity contribution in [2.45, 2.75) is 25.4 Å².